The van der Waals surface area contributed by atoms with Gasteiger partial charge in [-0.15, -0.1) is 0 Å². The topological polar surface area (TPSA) is 81.6 Å². The zero-order valence-electron chi connectivity index (χ0n) is 9.17. The third kappa shape index (κ3) is 3.35. The molecule has 1 saturated heterocycles. The van der Waals surface area contributed by atoms with Gasteiger partial charge in [-0.25, -0.2) is 4.99 Å². The lowest BCUT2D eigenvalue weighted by Gasteiger charge is -2.12. The zero-order valence-corrected chi connectivity index (χ0v) is 9.17. The van der Waals surface area contributed by atoms with Gasteiger partial charge in [-0.1, -0.05) is 0 Å². The normalized spacial score (nSPS) is 16.4. The maximum Gasteiger partial charge on any atom is 0.218 e. The first-order valence-electron chi connectivity index (χ1n) is 4.67. The molecule has 1 aliphatic rings. The summed E-state index contributed by atoms with van der Waals surface area (Å²) in [6.07, 6.45) is 1.06. The Bertz CT molecular complexity index is 365. The van der Waals surface area contributed by atoms with Crippen LogP contribution in [0.25, 0.3) is 0 Å². The number of ether oxygens (including phenoxy) is 2. The molecule has 84 valence electrons. The molecule has 0 bridgehead atoms. The fourth-order valence-electron chi connectivity index (χ4n) is 1.14. The minimum absolute atomic E-state index is 0.216. The van der Waals surface area contributed by atoms with Crippen molar-refractivity contribution in [1.82, 2.24) is 4.90 Å². The summed E-state index contributed by atoms with van der Waals surface area (Å²) in [6.45, 7) is 0.971. The highest BCUT2D eigenvalue weighted by molar-refractivity contribution is 6.10. The number of hydrogen-bond acceptors (Lipinski definition) is 6. The van der Waals surface area contributed by atoms with E-state index >= 15 is 0 Å². The first-order chi connectivity index (χ1) is 7.67. The second kappa shape index (κ2) is 5.86. The van der Waals surface area contributed by atoms with E-state index in [0.29, 0.717) is 18.9 Å². The Morgan fingerprint density at radius 3 is 2.31 bits per heavy atom. The molecule has 0 saturated carbocycles. The van der Waals surface area contributed by atoms with E-state index in [1.54, 1.807) is 23.2 Å². The Hall–Kier alpha value is -1.89. The highest BCUT2D eigenvalue weighted by Gasteiger charge is 2.21. The van der Waals surface area contributed by atoms with Crippen LogP contribution in [0, 0.1) is 22.7 Å². The van der Waals surface area contributed by atoms with Crippen molar-refractivity contribution in [2.24, 2.45) is 4.99 Å². The molecule has 0 radical (unpaired) electrons. The summed E-state index contributed by atoms with van der Waals surface area (Å²) >= 11 is 0. The molecule has 1 fully saturated rings. The molecule has 0 amide bonds. The van der Waals surface area contributed by atoms with Crippen LogP contribution in [-0.2, 0) is 9.47 Å². The Morgan fingerprint density at radius 1 is 1.31 bits per heavy atom. The zero-order chi connectivity index (χ0) is 12.0. The Labute approximate surface area is 94.0 Å². The average molecular weight is 220 g/mol. The Kier molecular flexibility index (Phi) is 4.46. The van der Waals surface area contributed by atoms with Gasteiger partial charge in [-0.3, -0.25) is 0 Å². The van der Waals surface area contributed by atoms with Crippen LogP contribution in [0.15, 0.2) is 16.9 Å². The first-order valence-corrected chi connectivity index (χ1v) is 4.67. The molecule has 1 rings (SSSR count). The summed E-state index contributed by atoms with van der Waals surface area (Å²) in [5.74, 6) is 0. The summed E-state index contributed by atoms with van der Waals surface area (Å²) in [5, 5.41) is 17.3. The van der Waals surface area contributed by atoms with Crippen molar-refractivity contribution in [3.8, 4) is 12.1 Å². The molecule has 0 N–H and O–H groups in total. The lowest BCUT2D eigenvalue weighted by molar-refractivity contribution is -0.0127. The van der Waals surface area contributed by atoms with Gasteiger partial charge in [0.1, 0.15) is 17.8 Å². The van der Waals surface area contributed by atoms with E-state index in [-0.39, 0.29) is 5.71 Å². The predicted octanol–water partition coefficient (Wildman–Crippen LogP) is 0.250. The predicted molar refractivity (Wildman–Crippen MR) is 56.1 cm³/mol. The lowest BCUT2D eigenvalue weighted by atomic mass is 10.4. The summed E-state index contributed by atoms with van der Waals surface area (Å²) in [5.41, 5.74) is 0.202. The van der Waals surface area contributed by atoms with Crippen LogP contribution in [0.4, 0.5) is 0 Å². The van der Waals surface area contributed by atoms with Crippen LogP contribution in [0.1, 0.15) is 0 Å². The monoisotopic (exact) mass is 220 g/mol. The summed E-state index contributed by atoms with van der Waals surface area (Å²) in [6, 6.07) is 3.39. The van der Waals surface area contributed by atoms with E-state index in [9.17, 15) is 0 Å². The SMILES string of the molecule is CN(C)/C=C(/N=C(C#N)C#N)C1OCCO1. The molecular formula is C10H12N4O2. The van der Waals surface area contributed by atoms with Crippen molar-refractivity contribution < 1.29 is 9.47 Å². The number of hydrogen-bond donors (Lipinski definition) is 0. The van der Waals surface area contributed by atoms with Crippen molar-refractivity contribution in [1.29, 1.82) is 10.5 Å². The fourth-order valence-corrected chi connectivity index (χ4v) is 1.14. The Balaban J connectivity index is 2.93. The van der Waals surface area contributed by atoms with Crippen molar-refractivity contribution in [2.75, 3.05) is 27.3 Å². The van der Waals surface area contributed by atoms with Gasteiger partial charge in [0, 0.05) is 20.3 Å². The molecule has 0 aromatic carbocycles. The van der Waals surface area contributed by atoms with Crippen molar-refractivity contribution in [2.45, 2.75) is 6.29 Å². The average Bonchev–Trinajstić information content (AvgIpc) is 2.76. The number of nitrogens with zero attached hydrogens (tertiary/aromatic N) is 4. The van der Waals surface area contributed by atoms with Crippen LogP contribution >= 0.6 is 0 Å². The van der Waals surface area contributed by atoms with Gasteiger partial charge in [0.15, 0.2) is 0 Å². The molecule has 0 spiro atoms. The van der Waals surface area contributed by atoms with Crippen LogP contribution < -0.4 is 0 Å². The van der Waals surface area contributed by atoms with Gasteiger partial charge in [-0.05, 0) is 0 Å². The number of nitriles is 2. The third-order valence-electron chi connectivity index (χ3n) is 1.71. The van der Waals surface area contributed by atoms with Crippen LogP contribution in [0.5, 0.6) is 0 Å². The third-order valence-corrected chi connectivity index (χ3v) is 1.71. The molecule has 1 heterocycles. The standard InChI is InChI=1S/C10H12N4O2/c1-14(2)7-9(10-15-3-4-16-10)13-8(5-11)6-12/h7,10H,3-4H2,1-2H3/b9-7+. The summed E-state index contributed by atoms with van der Waals surface area (Å²) in [7, 11) is 3.62. The largest absolute Gasteiger partial charge is 0.382 e. The van der Waals surface area contributed by atoms with E-state index in [4.69, 9.17) is 20.0 Å². The molecule has 0 atom stereocenters. The highest BCUT2D eigenvalue weighted by atomic mass is 16.7. The Morgan fingerprint density at radius 2 is 1.88 bits per heavy atom. The fraction of sp³-hybridized carbons (Fsp3) is 0.500. The smallest absolute Gasteiger partial charge is 0.218 e. The van der Waals surface area contributed by atoms with Crippen molar-refractivity contribution in [3.05, 3.63) is 11.9 Å². The summed E-state index contributed by atoms with van der Waals surface area (Å²) in [4.78, 5) is 5.65. The molecule has 0 aromatic rings. The van der Waals surface area contributed by atoms with Gasteiger partial charge < -0.3 is 14.4 Å². The van der Waals surface area contributed by atoms with Gasteiger partial charge in [0.05, 0.1) is 13.2 Å². The molecule has 0 aromatic heterocycles. The molecule has 1 aliphatic heterocycles. The molecule has 16 heavy (non-hydrogen) atoms. The van der Waals surface area contributed by atoms with E-state index in [1.165, 1.54) is 0 Å². The molecule has 0 unspecified atom stereocenters. The quantitative estimate of drug-likeness (QED) is 0.637. The second-order valence-electron chi connectivity index (χ2n) is 3.28. The number of rotatable bonds is 3. The molecule has 6 heteroatoms. The van der Waals surface area contributed by atoms with Gasteiger partial charge >= 0.3 is 0 Å². The van der Waals surface area contributed by atoms with E-state index in [1.807, 2.05) is 14.1 Å². The molecule has 6 nitrogen and oxygen atoms in total. The van der Waals surface area contributed by atoms with E-state index < -0.39 is 6.29 Å². The molecule has 0 aliphatic carbocycles. The second-order valence-corrected chi connectivity index (χ2v) is 3.28. The van der Waals surface area contributed by atoms with E-state index in [0.717, 1.165) is 0 Å². The lowest BCUT2D eigenvalue weighted by Crippen LogP contribution is -2.15. The van der Waals surface area contributed by atoms with Gasteiger partial charge in [0.2, 0.25) is 12.0 Å². The molecular weight excluding hydrogens is 208 g/mol. The summed E-state index contributed by atoms with van der Waals surface area (Å²) < 4.78 is 10.5. The highest BCUT2D eigenvalue weighted by Crippen LogP contribution is 2.15. The minimum atomic E-state index is -0.598. The van der Waals surface area contributed by atoms with Crippen LogP contribution in [-0.4, -0.2) is 44.2 Å². The van der Waals surface area contributed by atoms with Crippen LogP contribution in [0.3, 0.4) is 0 Å². The minimum Gasteiger partial charge on any atom is -0.382 e. The van der Waals surface area contributed by atoms with Crippen molar-refractivity contribution >= 4 is 5.71 Å². The number of aliphatic imine (C=N–C) groups is 1. The first kappa shape index (κ1) is 12.2. The van der Waals surface area contributed by atoms with Crippen molar-refractivity contribution in [3.63, 3.8) is 0 Å². The van der Waals surface area contributed by atoms with Gasteiger partial charge in [0.25, 0.3) is 0 Å². The maximum absolute atomic E-state index is 8.63. The van der Waals surface area contributed by atoms with E-state index in [2.05, 4.69) is 4.99 Å². The van der Waals surface area contributed by atoms with Gasteiger partial charge in [-0.2, -0.15) is 10.5 Å². The maximum atomic E-state index is 8.63. The van der Waals surface area contributed by atoms with Crippen LogP contribution in [0.2, 0.25) is 0 Å².